The quantitative estimate of drug-likeness (QED) is 0.541. The lowest BCUT2D eigenvalue weighted by atomic mass is 9.97. The van der Waals surface area contributed by atoms with Crippen molar-refractivity contribution in [3.8, 4) is 0 Å². The van der Waals surface area contributed by atoms with Crippen LogP contribution < -0.4 is 0 Å². The summed E-state index contributed by atoms with van der Waals surface area (Å²) < 4.78 is 43.2. The van der Waals surface area contributed by atoms with Crippen LogP contribution in [0.15, 0.2) is 54.1 Å². The van der Waals surface area contributed by atoms with Gasteiger partial charge < -0.3 is 9.94 Å². The summed E-state index contributed by atoms with van der Waals surface area (Å²) in [5.74, 6) is 0.0467. The molecule has 0 spiro atoms. The first kappa shape index (κ1) is 22.9. The molecule has 0 radical (unpaired) electrons. The first-order valence-electron chi connectivity index (χ1n) is 10.1. The predicted octanol–water partition coefficient (Wildman–Crippen LogP) is 4.98. The molecule has 2 aromatic heterocycles. The van der Waals surface area contributed by atoms with Gasteiger partial charge in [-0.3, -0.25) is 4.68 Å². The first-order valence-corrected chi connectivity index (χ1v) is 10.5. The summed E-state index contributed by atoms with van der Waals surface area (Å²) in [6.07, 6.45) is -0.385. The third kappa shape index (κ3) is 4.49. The Labute approximate surface area is 192 Å². The summed E-state index contributed by atoms with van der Waals surface area (Å²) in [6, 6.07) is 7.70. The topological polar surface area (TPSA) is 85.4 Å². The summed E-state index contributed by atoms with van der Waals surface area (Å²) >= 11 is 6.29. The summed E-state index contributed by atoms with van der Waals surface area (Å²) in [5, 5.41) is 18.0. The van der Waals surface area contributed by atoms with E-state index in [0.29, 0.717) is 21.9 Å². The Balaban J connectivity index is 1.89. The van der Waals surface area contributed by atoms with Gasteiger partial charge in [-0.2, -0.15) is 18.3 Å². The molecule has 33 heavy (non-hydrogen) atoms. The van der Waals surface area contributed by atoms with Gasteiger partial charge in [0.05, 0.1) is 30.1 Å². The van der Waals surface area contributed by atoms with Crippen LogP contribution in [0.3, 0.4) is 0 Å². The Morgan fingerprint density at radius 2 is 1.88 bits per heavy atom. The van der Waals surface area contributed by atoms with E-state index in [4.69, 9.17) is 16.4 Å². The van der Waals surface area contributed by atoms with Crippen LogP contribution in [0.1, 0.15) is 48.5 Å². The number of alkyl halides is 3. The highest BCUT2D eigenvalue weighted by molar-refractivity contribution is 6.34. The van der Waals surface area contributed by atoms with Crippen molar-refractivity contribution in [2.24, 2.45) is 5.16 Å². The van der Waals surface area contributed by atoms with Crippen LogP contribution in [0, 0.1) is 0 Å². The van der Waals surface area contributed by atoms with Crippen LogP contribution >= 0.6 is 11.6 Å². The van der Waals surface area contributed by atoms with E-state index in [1.54, 1.807) is 37.3 Å². The zero-order chi connectivity index (χ0) is 23.6. The van der Waals surface area contributed by atoms with E-state index in [2.05, 4.69) is 20.2 Å². The molecule has 0 fully saturated rings. The number of rotatable bonds is 6. The number of aliphatic hydroxyl groups is 1. The summed E-state index contributed by atoms with van der Waals surface area (Å²) in [7, 11) is 0. The van der Waals surface area contributed by atoms with E-state index < -0.39 is 24.5 Å². The predicted molar refractivity (Wildman–Crippen MR) is 116 cm³/mol. The normalized spacial score (nSPS) is 15.3. The van der Waals surface area contributed by atoms with Crippen LogP contribution in [0.5, 0.6) is 0 Å². The zero-order valence-electron chi connectivity index (χ0n) is 17.4. The highest BCUT2D eigenvalue weighted by Gasteiger charge is 2.42. The Kier molecular flexibility index (Phi) is 6.48. The lowest BCUT2D eigenvalue weighted by Crippen LogP contribution is -2.23. The van der Waals surface area contributed by atoms with E-state index in [1.165, 1.54) is 12.4 Å². The third-order valence-corrected chi connectivity index (χ3v) is 5.55. The highest BCUT2D eigenvalue weighted by atomic mass is 35.5. The molecule has 1 aromatic carbocycles. The monoisotopic (exact) mass is 477 g/mol. The molecule has 3 aromatic rings. The lowest BCUT2D eigenvalue weighted by molar-refractivity contribution is -0.145. The number of aromatic nitrogens is 4. The summed E-state index contributed by atoms with van der Waals surface area (Å²) in [5.41, 5.74) is -0.0242. The van der Waals surface area contributed by atoms with Crippen molar-refractivity contribution in [2.75, 3.05) is 6.61 Å². The lowest BCUT2D eigenvalue weighted by Gasteiger charge is -2.22. The largest absolute Gasteiger partial charge is 0.433 e. The van der Waals surface area contributed by atoms with Gasteiger partial charge in [-0.1, -0.05) is 41.9 Å². The van der Waals surface area contributed by atoms with Crippen LogP contribution in [0.2, 0.25) is 5.02 Å². The molecular formula is C22H19ClF3N5O2. The van der Waals surface area contributed by atoms with Gasteiger partial charge in [-0.15, -0.1) is 0 Å². The standard InChI is InChI=1S/C22H19ClF3N5O2/c1-2-13(12-32)31-20(22(24,25)26)16(11-29-31)19-15(21-27-8-5-9-28-21)10-18(30-33-19)14-6-3-4-7-17(14)23/h3-9,11,13,32H,2,10,12H2,1H3/t13-/m0/s1. The van der Waals surface area contributed by atoms with Crippen LogP contribution in [0.25, 0.3) is 11.3 Å². The van der Waals surface area contributed by atoms with Gasteiger partial charge in [-0.05, 0) is 18.6 Å². The van der Waals surface area contributed by atoms with Crippen molar-refractivity contribution in [2.45, 2.75) is 32.0 Å². The minimum atomic E-state index is -4.76. The summed E-state index contributed by atoms with van der Waals surface area (Å²) in [6.45, 7) is 1.17. The van der Waals surface area contributed by atoms with E-state index in [0.717, 1.165) is 10.9 Å². The molecule has 0 bridgehead atoms. The smallest absolute Gasteiger partial charge is 0.394 e. The Hall–Kier alpha value is -3.24. The number of oxime groups is 1. The third-order valence-electron chi connectivity index (χ3n) is 5.22. The van der Waals surface area contributed by atoms with Gasteiger partial charge in [-0.25, -0.2) is 9.97 Å². The second-order valence-electron chi connectivity index (χ2n) is 7.26. The average Bonchev–Trinajstić information content (AvgIpc) is 3.26. The van der Waals surface area contributed by atoms with E-state index in [9.17, 15) is 18.3 Å². The SMILES string of the molecule is CC[C@@H](CO)n1ncc(C2=C(c3ncccn3)CC(c3ccccc3Cl)=NO2)c1C(F)(F)F. The van der Waals surface area contributed by atoms with Gasteiger partial charge in [0.15, 0.2) is 17.3 Å². The fourth-order valence-electron chi connectivity index (χ4n) is 3.59. The van der Waals surface area contributed by atoms with Crippen molar-refractivity contribution in [1.82, 2.24) is 19.7 Å². The van der Waals surface area contributed by atoms with Gasteiger partial charge in [0, 0.05) is 35.0 Å². The molecule has 0 amide bonds. The molecular weight excluding hydrogens is 459 g/mol. The maximum Gasteiger partial charge on any atom is 0.433 e. The molecule has 0 saturated heterocycles. The number of halogens is 4. The minimum Gasteiger partial charge on any atom is -0.394 e. The molecule has 1 N–H and O–H groups in total. The number of benzene rings is 1. The fraction of sp³-hybridized carbons (Fsp3) is 0.273. The van der Waals surface area contributed by atoms with Crippen molar-refractivity contribution in [3.05, 3.63) is 76.6 Å². The molecule has 4 rings (SSSR count). The molecule has 0 saturated carbocycles. The Morgan fingerprint density at radius 1 is 1.15 bits per heavy atom. The van der Waals surface area contributed by atoms with Gasteiger partial charge in [0.1, 0.15) is 0 Å². The molecule has 11 heteroatoms. The average molecular weight is 478 g/mol. The van der Waals surface area contributed by atoms with Crippen molar-refractivity contribution < 1.29 is 23.1 Å². The van der Waals surface area contributed by atoms with Crippen molar-refractivity contribution >= 4 is 28.6 Å². The number of hydrogen-bond donors (Lipinski definition) is 1. The Morgan fingerprint density at radius 3 is 2.52 bits per heavy atom. The fourth-order valence-corrected chi connectivity index (χ4v) is 3.83. The van der Waals surface area contributed by atoms with E-state index in [-0.39, 0.29) is 30.0 Å². The molecule has 172 valence electrons. The Bertz CT molecular complexity index is 1200. The second-order valence-corrected chi connectivity index (χ2v) is 7.67. The maximum absolute atomic E-state index is 14.1. The maximum atomic E-state index is 14.1. The van der Waals surface area contributed by atoms with Crippen LogP contribution in [0.4, 0.5) is 13.2 Å². The zero-order valence-corrected chi connectivity index (χ0v) is 18.2. The van der Waals surface area contributed by atoms with Gasteiger partial charge in [0.25, 0.3) is 0 Å². The number of hydrogen-bond acceptors (Lipinski definition) is 6. The first-order chi connectivity index (χ1) is 15.8. The molecule has 7 nitrogen and oxygen atoms in total. The van der Waals surface area contributed by atoms with Crippen LogP contribution in [-0.2, 0) is 11.0 Å². The molecule has 0 aliphatic carbocycles. The van der Waals surface area contributed by atoms with E-state index in [1.807, 2.05) is 0 Å². The molecule has 0 unspecified atom stereocenters. The molecule has 1 aliphatic rings. The van der Waals surface area contributed by atoms with Crippen LogP contribution in [-0.4, -0.2) is 37.2 Å². The number of nitrogens with zero attached hydrogens (tertiary/aromatic N) is 5. The highest BCUT2D eigenvalue weighted by Crippen LogP contribution is 2.41. The number of allylic oxidation sites excluding steroid dienone is 1. The number of aliphatic hydroxyl groups excluding tert-OH is 1. The molecule has 1 atom stereocenters. The van der Waals surface area contributed by atoms with Gasteiger partial charge in [0.2, 0.25) is 0 Å². The summed E-state index contributed by atoms with van der Waals surface area (Å²) in [4.78, 5) is 14.0. The second kappa shape index (κ2) is 9.32. The molecule has 3 heterocycles. The van der Waals surface area contributed by atoms with E-state index >= 15 is 0 Å². The van der Waals surface area contributed by atoms with Crippen molar-refractivity contribution in [1.29, 1.82) is 0 Å². The van der Waals surface area contributed by atoms with Crippen molar-refractivity contribution in [3.63, 3.8) is 0 Å². The minimum absolute atomic E-state index is 0.0861. The van der Waals surface area contributed by atoms with Gasteiger partial charge >= 0.3 is 6.18 Å². The molecule has 1 aliphatic heterocycles.